The van der Waals surface area contributed by atoms with Crippen LogP contribution in [-0.2, 0) is 6.04 Å². The summed E-state index contributed by atoms with van der Waals surface area (Å²) in [7, 11) is 0.466. The van der Waals surface area contributed by atoms with Crippen molar-refractivity contribution in [3.63, 3.8) is 0 Å². The molecule has 0 aliphatic carbocycles. The average molecular weight is 229 g/mol. The number of rotatable bonds is 4. The van der Waals surface area contributed by atoms with E-state index in [4.69, 9.17) is 16.3 Å². The van der Waals surface area contributed by atoms with Gasteiger partial charge >= 0.3 is 0 Å². The Morgan fingerprint density at radius 3 is 2.21 bits per heavy atom. The first kappa shape index (κ1) is 11.6. The van der Waals surface area contributed by atoms with Crippen molar-refractivity contribution in [3.05, 3.63) is 29.8 Å². The molecule has 0 atom stereocenters. The fourth-order valence-corrected chi connectivity index (χ4v) is 3.06. The molecule has 0 saturated carbocycles. The Labute approximate surface area is 92.1 Å². The third-order valence-electron chi connectivity index (χ3n) is 2.20. The van der Waals surface area contributed by atoms with E-state index >= 15 is 0 Å². The summed E-state index contributed by atoms with van der Waals surface area (Å²) in [5.74, 6) is 0.916. The first-order chi connectivity index (χ1) is 6.57. The summed E-state index contributed by atoms with van der Waals surface area (Å²) in [4.78, 5) is 0. The third kappa shape index (κ3) is 3.35. The highest BCUT2D eigenvalue weighted by atomic mass is 35.5. The van der Waals surface area contributed by atoms with Gasteiger partial charge in [0.05, 0.1) is 15.2 Å². The maximum atomic E-state index is 5.94. The van der Waals surface area contributed by atoms with Crippen molar-refractivity contribution in [2.45, 2.75) is 19.1 Å². The van der Waals surface area contributed by atoms with E-state index < -0.39 is 8.07 Å². The monoisotopic (exact) mass is 228 g/mol. The average Bonchev–Trinajstić information content (AvgIpc) is 2.19. The van der Waals surface area contributed by atoms with Crippen LogP contribution in [0.5, 0.6) is 5.75 Å². The van der Waals surface area contributed by atoms with E-state index in [2.05, 4.69) is 25.2 Å². The SMILES string of the molecule is COc1ccc(C[Si](C)(C)CCl)cc1. The van der Waals surface area contributed by atoms with Crippen molar-refractivity contribution in [2.24, 2.45) is 0 Å². The van der Waals surface area contributed by atoms with Crippen LogP contribution in [0, 0.1) is 0 Å². The van der Waals surface area contributed by atoms with Crippen LogP contribution in [0.15, 0.2) is 24.3 Å². The summed E-state index contributed by atoms with van der Waals surface area (Å²) < 4.78 is 5.11. The fraction of sp³-hybridized carbons (Fsp3) is 0.455. The lowest BCUT2D eigenvalue weighted by Gasteiger charge is -2.18. The molecule has 0 aliphatic heterocycles. The van der Waals surface area contributed by atoms with Crippen LogP contribution >= 0.6 is 11.6 Å². The van der Waals surface area contributed by atoms with Gasteiger partial charge in [-0.05, 0) is 18.2 Å². The van der Waals surface area contributed by atoms with Crippen LogP contribution in [0.1, 0.15) is 5.56 Å². The lowest BCUT2D eigenvalue weighted by atomic mass is 10.2. The number of hydrogen-bond donors (Lipinski definition) is 0. The minimum atomic E-state index is -1.22. The van der Waals surface area contributed by atoms with E-state index in [1.807, 2.05) is 12.1 Å². The minimum absolute atomic E-state index is 0.818. The first-order valence-corrected chi connectivity index (χ1v) is 8.71. The Hall–Kier alpha value is -0.473. The van der Waals surface area contributed by atoms with Crippen LogP contribution < -0.4 is 4.74 Å². The fourth-order valence-electron chi connectivity index (χ4n) is 1.34. The molecule has 1 rings (SSSR count). The molecule has 0 bridgehead atoms. The number of alkyl halides is 1. The van der Waals surface area contributed by atoms with Crippen molar-refractivity contribution in [2.75, 3.05) is 12.6 Å². The van der Waals surface area contributed by atoms with Crippen LogP contribution in [0.2, 0.25) is 13.1 Å². The highest BCUT2D eigenvalue weighted by Crippen LogP contribution is 2.16. The molecule has 0 saturated heterocycles. The number of benzene rings is 1. The van der Waals surface area contributed by atoms with E-state index in [0.29, 0.717) is 0 Å². The summed E-state index contributed by atoms with van der Waals surface area (Å²) >= 11 is 5.94. The summed E-state index contributed by atoms with van der Waals surface area (Å²) in [6.07, 6.45) is 0. The van der Waals surface area contributed by atoms with E-state index in [0.717, 1.165) is 17.3 Å². The number of ether oxygens (including phenoxy) is 1. The molecule has 3 heteroatoms. The Balaban J connectivity index is 2.69. The van der Waals surface area contributed by atoms with Gasteiger partial charge in [0.15, 0.2) is 0 Å². The summed E-state index contributed by atoms with van der Waals surface area (Å²) in [5, 5.41) is 0. The van der Waals surface area contributed by atoms with Crippen molar-refractivity contribution in [3.8, 4) is 5.75 Å². The van der Waals surface area contributed by atoms with Crippen LogP contribution in [-0.4, -0.2) is 20.7 Å². The summed E-state index contributed by atoms with van der Waals surface area (Å²) in [6.45, 7) is 4.62. The maximum absolute atomic E-state index is 5.94. The third-order valence-corrected chi connectivity index (χ3v) is 6.46. The largest absolute Gasteiger partial charge is 0.497 e. The van der Waals surface area contributed by atoms with Gasteiger partial charge in [-0.15, -0.1) is 11.6 Å². The van der Waals surface area contributed by atoms with Crippen LogP contribution in [0.25, 0.3) is 0 Å². The van der Waals surface area contributed by atoms with E-state index in [9.17, 15) is 0 Å². The predicted molar refractivity (Wildman–Crippen MR) is 64.9 cm³/mol. The van der Waals surface area contributed by atoms with E-state index in [1.165, 1.54) is 5.56 Å². The molecule has 0 heterocycles. The number of methoxy groups -OCH3 is 1. The van der Waals surface area contributed by atoms with Gasteiger partial charge in [0.1, 0.15) is 5.75 Å². The lowest BCUT2D eigenvalue weighted by molar-refractivity contribution is 0.414. The Morgan fingerprint density at radius 2 is 1.79 bits per heavy atom. The minimum Gasteiger partial charge on any atom is -0.497 e. The van der Waals surface area contributed by atoms with Gasteiger partial charge in [-0.25, -0.2) is 0 Å². The van der Waals surface area contributed by atoms with E-state index in [-0.39, 0.29) is 0 Å². The molecule has 14 heavy (non-hydrogen) atoms. The molecule has 1 aromatic carbocycles. The molecular formula is C11H17ClOSi. The molecule has 0 spiro atoms. The Kier molecular flexibility index (Phi) is 4.02. The molecule has 0 aromatic heterocycles. The van der Waals surface area contributed by atoms with Crippen molar-refractivity contribution < 1.29 is 4.74 Å². The zero-order valence-corrected chi connectivity index (χ0v) is 10.8. The van der Waals surface area contributed by atoms with Crippen molar-refractivity contribution in [1.82, 2.24) is 0 Å². The smallest absolute Gasteiger partial charge is 0.118 e. The molecule has 78 valence electrons. The molecule has 1 nitrogen and oxygen atoms in total. The van der Waals surface area contributed by atoms with Gasteiger partial charge in [0.2, 0.25) is 0 Å². The zero-order chi connectivity index (χ0) is 10.6. The van der Waals surface area contributed by atoms with Gasteiger partial charge in [0, 0.05) is 5.50 Å². The quantitative estimate of drug-likeness (QED) is 0.568. The first-order valence-electron chi connectivity index (χ1n) is 4.76. The van der Waals surface area contributed by atoms with Gasteiger partial charge in [-0.2, -0.15) is 0 Å². The zero-order valence-electron chi connectivity index (χ0n) is 9.01. The molecule has 0 amide bonds. The Morgan fingerprint density at radius 1 is 1.21 bits per heavy atom. The standard InChI is InChI=1S/C11H17ClOSi/c1-13-11-6-4-10(5-7-11)8-14(2,3)9-12/h4-7H,8-9H2,1-3H3. The Bertz CT molecular complexity index is 282. The molecular weight excluding hydrogens is 212 g/mol. The second kappa shape index (κ2) is 4.85. The second-order valence-corrected chi connectivity index (χ2v) is 10.1. The van der Waals surface area contributed by atoms with Gasteiger partial charge in [0.25, 0.3) is 0 Å². The highest BCUT2D eigenvalue weighted by Gasteiger charge is 2.19. The van der Waals surface area contributed by atoms with E-state index in [1.54, 1.807) is 7.11 Å². The van der Waals surface area contributed by atoms with Crippen molar-refractivity contribution in [1.29, 1.82) is 0 Å². The molecule has 0 aliphatic rings. The van der Waals surface area contributed by atoms with Crippen LogP contribution in [0.4, 0.5) is 0 Å². The van der Waals surface area contributed by atoms with Gasteiger partial charge in [-0.3, -0.25) is 0 Å². The predicted octanol–water partition coefficient (Wildman–Crippen LogP) is 3.26. The summed E-state index contributed by atoms with van der Waals surface area (Å²) in [5.41, 5.74) is 2.18. The van der Waals surface area contributed by atoms with Gasteiger partial charge < -0.3 is 4.74 Å². The molecule has 0 fully saturated rings. The number of halogens is 1. The topological polar surface area (TPSA) is 9.23 Å². The molecule has 0 N–H and O–H groups in total. The van der Waals surface area contributed by atoms with Crippen molar-refractivity contribution >= 4 is 19.7 Å². The normalized spacial score (nSPS) is 11.4. The highest BCUT2D eigenvalue weighted by molar-refractivity contribution is 6.82. The molecule has 0 radical (unpaired) electrons. The summed E-state index contributed by atoms with van der Waals surface area (Å²) in [6, 6.07) is 9.41. The molecule has 0 unspecified atom stereocenters. The number of hydrogen-bond acceptors (Lipinski definition) is 1. The maximum Gasteiger partial charge on any atom is 0.118 e. The second-order valence-electron chi connectivity index (χ2n) is 4.32. The molecule has 1 aromatic rings. The van der Waals surface area contributed by atoms with Gasteiger partial charge in [-0.1, -0.05) is 30.8 Å². The van der Waals surface area contributed by atoms with Crippen LogP contribution in [0.3, 0.4) is 0 Å². The lowest BCUT2D eigenvalue weighted by Crippen LogP contribution is -2.31.